The second kappa shape index (κ2) is 5.93. The van der Waals surface area contributed by atoms with E-state index in [0.717, 1.165) is 19.3 Å². The topological polar surface area (TPSA) is 84.6 Å². The molecule has 5 nitrogen and oxygen atoms in total. The van der Waals surface area contributed by atoms with Crippen LogP contribution < -0.4 is 15.8 Å². The molecule has 1 saturated carbocycles. The van der Waals surface area contributed by atoms with Crippen molar-refractivity contribution in [3.8, 4) is 5.75 Å². The minimum Gasteiger partial charge on any atom is -0.496 e. The van der Waals surface area contributed by atoms with E-state index >= 15 is 0 Å². The lowest BCUT2D eigenvalue weighted by Crippen LogP contribution is -2.39. The van der Waals surface area contributed by atoms with Gasteiger partial charge >= 0.3 is 0 Å². The van der Waals surface area contributed by atoms with E-state index in [1.807, 2.05) is 0 Å². The molecule has 2 atom stereocenters. The fourth-order valence-electron chi connectivity index (χ4n) is 2.45. The maximum Gasteiger partial charge on any atom is 0.255 e. The molecular formula is C14H20N2O3. The van der Waals surface area contributed by atoms with Gasteiger partial charge in [0.1, 0.15) is 5.75 Å². The van der Waals surface area contributed by atoms with E-state index in [1.54, 1.807) is 18.2 Å². The van der Waals surface area contributed by atoms with Crippen LogP contribution in [-0.2, 0) is 0 Å². The summed E-state index contributed by atoms with van der Waals surface area (Å²) in [6, 6.07) is 4.99. The van der Waals surface area contributed by atoms with Gasteiger partial charge in [-0.1, -0.05) is 0 Å². The third-order valence-electron chi connectivity index (χ3n) is 3.45. The van der Waals surface area contributed by atoms with Crippen molar-refractivity contribution >= 4 is 11.6 Å². The Hall–Kier alpha value is -1.75. The van der Waals surface area contributed by atoms with Crippen LogP contribution in [0.5, 0.6) is 5.75 Å². The predicted molar refractivity (Wildman–Crippen MR) is 73.1 cm³/mol. The van der Waals surface area contributed by atoms with Crippen molar-refractivity contribution in [2.24, 2.45) is 0 Å². The summed E-state index contributed by atoms with van der Waals surface area (Å²) < 4.78 is 5.17. The number of rotatable bonds is 3. The van der Waals surface area contributed by atoms with Gasteiger partial charge in [-0.2, -0.15) is 0 Å². The molecule has 0 saturated heterocycles. The normalized spacial score (nSPS) is 22.8. The summed E-state index contributed by atoms with van der Waals surface area (Å²) >= 11 is 0. The number of nitrogens with two attached hydrogens (primary N) is 1. The zero-order valence-corrected chi connectivity index (χ0v) is 11.1. The van der Waals surface area contributed by atoms with Crippen molar-refractivity contribution in [2.45, 2.75) is 37.8 Å². The molecule has 0 radical (unpaired) electrons. The molecule has 1 aliphatic rings. The molecule has 0 spiro atoms. The Morgan fingerprint density at radius 1 is 1.47 bits per heavy atom. The summed E-state index contributed by atoms with van der Waals surface area (Å²) in [4.78, 5) is 12.2. The number of aliphatic hydroxyl groups is 1. The molecule has 2 unspecified atom stereocenters. The van der Waals surface area contributed by atoms with Crippen LogP contribution >= 0.6 is 0 Å². The molecule has 5 heteroatoms. The minimum atomic E-state index is -0.313. The van der Waals surface area contributed by atoms with Gasteiger partial charge in [0.25, 0.3) is 5.91 Å². The van der Waals surface area contributed by atoms with Gasteiger partial charge in [0.15, 0.2) is 0 Å². The van der Waals surface area contributed by atoms with E-state index in [4.69, 9.17) is 10.5 Å². The van der Waals surface area contributed by atoms with Gasteiger partial charge in [0.2, 0.25) is 0 Å². The average molecular weight is 264 g/mol. The molecule has 0 aromatic heterocycles. The lowest BCUT2D eigenvalue weighted by Gasteiger charge is -2.26. The van der Waals surface area contributed by atoms with E-state index in [2.05, 4.69) is 5.32 Å². The van der Waals surface area contributed by atoms with Gasteiger partial charge in [-0.05, 0) is 37.8 Å². The number of ether oxygens (including phenoxy) is 1. The van der Waals surface area contributed by atoms with Gasteiger partial charge in [-0.25, -0.2) is 0 Å². The summed E-state index contributed by atoms with van der Waals surface area (Å²) in [6.07, 6.45) is 2.96. The summed E-state index contributed by atoms with van der Waals surface area (Å²) in [5.41, 5.74) is 6.69. The van der Waals surface area contributed by atoms with Crippen molar-refractivity contribution in [3.63, 3.8) is 0 Å². The lowest BCUT2D eigenvalue weighted by molar-refractivity contribution is 0.0847. The van der Waals surface area contributed by atoms with Crippen LogP contribution in [0, 0.1) is 0 Å². The lowest BCUT2D eigenvalue weighted by atomic mass is 9.93. The Balaban J connectivity index is 2.07. The van der Waals surface area contributed by atoms with Gasteiger partial charge in [-0.15, -0.1) is 0 Å². The number of nitrogen functional groups attached to an aromatic ring is 1. The third kappa shape index (κ3) is 3.38. The third-order valence-corrected chi connectivity index (χ3v) is 3.45. The first-order valence-electron chi connectivity index (χ1n) is 6.52. The number of carbonyl (C=O) groups excluding carboxylic acids is 1. The summed E-state index contributed by atoms with van der Waals surface area (Å²) in [5.74, 6) is 0.282. The first-order chi connectivity index (χ1) is 9.10. The average Bonchev–Trinajstić information content (AvgIpc) is 2.38. The van der Waals surface area contributed by atoms with Crippen molar-refractivity contribution in [1.29, 1.82) is 0 Å². The van der Waals surface area contributed by atoms with Gasteiger partial charge in [0.05, 0.1) is 18.8 Å². The number of methoxy groups -OCH3 is 1. The molecule has 1 aromatic rings. The van der Waals surface area contributed by atoms with E-state index in [1.165, 1.54) is 7.11 Å². The number of hydrogen-bond donors (Lipinski definition) is 3. The van der Waals surface area contributed by atoms with Crippen LogP contribution in [-0.4, -0.2) is 30.3 Å². The van der Waals surface area contributed by atoms with E-state index in [0.29, 0.717) is 23.4 Å². The van der Waals surface area contributed by atoms with E-state index in [-0.39, 0.29) is 18.1 Å². The highest BCUT2D eigenvalue weighted by molar-refractivity contribution is 5.97. The van der Waals surface area contributed by atoms with Crippen LogP contribution in [0.4, 0.5) is 5.69 Å². The molecule has 1 amide bonds. The van der Waals surface area contributed by atoms with Crippen LogP contribution in [0.25, 0.3) is 0 Å². The number of carbonyl (C=O) groups is 1. The van der Waals surface area contributed by atoms with Crippen molar-refractivity contribution in [2.75, 3.05) is 12.8 Å². The molecule has 104 valence electrons. The number of amides is 1. The first kappa shape index (κ1) is 13.7. The van der Waals surface area contributed by atoms with Crippen LogP contribution in [0.1, 0.15) is 36.0 Å². The Bertz CT molecular complexity index is 462. The molecule has 1 aliphatic carbocycles. The van der Waals surface area contributed by atoms with Gasteiger partial charge < -0.3 is 20.9 Å². The molecule has 1 fully saturated rings. The van der Waals surface area contributed by atoms with Crippen LogP contribution in [0.2, 0.25) is 0 Å². The van der Waals surface area contributed by atoms with Crippen molar-refractivity contribution < 1.29 is 14.6 Å². The van der Waals surface area contributed by atoms with Gasteiger partial charge in [0, 0.05) is 17.8 Å². The fraction of sp³-hybridized carbons (Fsp3) is 0.500. The Kier molecular flexibility index (Phi) is 4.27. The van der Waals surface area contributed by atoms with Crippen LogP contribution in [0.15, 0.2) is 18.2 Å². The number of hydrogen-bond acceptors (Lipinski definition) is 4. The van der Waals surface area contributed by atoms with E-state index in [9.17, 15) is 9.90 Å². The van der Waals surface area contributed by atoms with Crippen molar-refractivity contribution in [1.82, 2.24) is 5.32 Å². The molecule has 2 rings (SSSR count). The fourth-order valence-corrected chi connectivity index (χ4v) is 2.45. The number of nitrogens with one attached hydrogen (secondary N) is 1. The van der Waals surface area contributed by atoms with E-state index < -0.39 is 0 Å². The summed E-state index contributed by atoms with van der Waals surface area (Å²) in [5, 5.41) is 12.5. The Morgan fingerprint density at radius 2 is 2.26 bits per heavy atom. The SMILES string of the molecule is COc1cc(N)ccc1C(=O)NC1CCCC(O)C1. The molecule has 1 aromatic carbocycles. The smallest absolute Gasteiger partial charge is 0.255 e. The highest BCUT2D eigenvalue weighted by atomic mass is 16.5. The minimum absolute atomic E-state index is 0.0264. The summed E-state index contributed by atoms with van der Waals surface area (Å²) in [7, 11) is 1.51. The molecular weight excluding hydrogens is 244 g/mol. The number of anilines is 1. The summed E-state index contributed by atoms with van der Waals surface area (Å²) in [6.45, 7) is 0. The predicted octanol–water partition coefficient (Wildman–Crippen LogP) is 1.31. The number of benzene rings is 1. The van der Waals surface area contributed by atoms with Crippen LogP contribution in [0.3, 0.4) is 0 Å². The molecule has 0 aliphatic heterocycles. The van der Waals surface area contributed by atoms with Crippen molar-refractivity contribution in [3.05, 3.63) is 23.8 Å². The zero-order chi connectivity index (χ0) is 13.8. The maximum atomic E-state index is 12.2. The number of aliphatic hydroxyl groups excluding tert-OH is 1. The van der Waals surface area contributed by atoms with Gasteiger partial charge in [-0.3, -0.25) is 4.79 Å². The zero-order valence-electron chi connectivity index (χ0n) is 11.1. The monoisotopic (exact) mass is 264 g/mol. The highest BCUT2D eigenvalue weighted by Crippen LogP contribution is 2.23. The molecule has 19 heavy (non-hydrogen) atoms. The standard InChI is InChI=1S/C14H20N2O3/c1-19-13-7-9(15)5-6-12(13)14(18)16-10-3-2-4-11(17)8-10/h5-7,10-11,17H,2-4,8,15H2,1H3,(H,16,18). The Labute approximate surface area is 112 Å². The molecule has 0 bridgehead atoms. The maximum absolute atomic E-state index is 12.2. The quantitative estimate of drug-likeness (QED) is 0.719. The second-order valence-corrected chi connectivity index (χ2v) is 4.95. The highest BCUT2D eigenvalue weighted by Gasteiger charge is 2.23. The first-order valence-corrected chi connectivity index (χ1v) is 6.52. The second-order valence-electron chi connectivity index (χ2n) is 4.95. The Morgan fingerprint density at radius 3 is 2.95 bits per heavy atom. The molecule has 4 N–H and O–H groups in total. The largest absolute Gasteiger partial charge is 0.496 e. The molecule has 0 heterocycles.